The number of aliphatic hydroxyl groups is 1. The van der Waals surface area contributed by atoms with E-state index in [0.717, 1.165) is 0 Å². The number of benzene rings is 1. The summed E-state index contributed by atoms with van der Waals surface area (Å²) >= 11 is 0. The molecule has 3 rings (SSSR count). The molecule has 1 aromatic carbocycles. The van der Waals surface area contributed by atoms with E-state index in [9.17, 15) is 9.90 Å². The molecule has 2 heterocycles. The lowest BCUT2D eigenvalue weighted by atomic mass is 10.0. The van der Waals surface area contributed by atoms with Gasteiger partial charge < -0.3 is 28.5 Å². The molecule has 1 aliphatic rings. The van der Waals surface area contributed by atoms with E-state index in [0.29, 0.717) is 34.6 Å². The van der Waals surface area contributed by atoms with Gasteiger partial charge in [0.15, 0.2) is 11.3 Å². The quantitative estimate of drug-likeness (QED) is 0.421. The summed E-state index contributed by atoms with van der Waals surface area (Å²) in [4.78, 5) is 11.6. The van der Waals surface area contributed by atoms with Crippen molar-refractivity contribution in [2.45, 2.75) is 44.5 Å². The maximum absolute atomic E-state index is 11.6. The minimum absolute atomic E-state index is 0.119. The number of epoxide rings is 1. The highest BCUT2D eigenvalue weighted by Crippen LogP contribution is 2.45. The molecule has 1 aliphatic heterocycles. The third-order valence-electron chi connectivity index (χ3n) is 4.67. The van der Waals surface area contributed by atoms with Crippen LogP contribution in [0.2, 0.25) is 0 Å². The van der Waals surface area contributed by atoms with Gasteiger partial charge in [0.25, 0.3) is 0 Å². The van der Waals surface area contributed by atoms with Crippen LogP contribution < -0.4 is 19.8 Å². The second-order valence-electron chi connectivity index (χ2n) is 7.60. The molecule has 0 aliphatic carbocycles. The number of hydrogen-bond acceptors (Lipinski definition) is 7. The lowest BCUT2D eigenvalue weighted by molar-refractivity contribution is 0.132. The van der Waals surface area contributed by atoms with Gasteiger partial charge in [-0.25, -0.2) is 4.79 Å². The molecule has 0 radical (unpaired) electrons. The molecule has 7 heteroatoms. The van der Waals surface area contributed by atoms with E-state index < -0.39 is 11.2 Å². The maximum Gasteiger partial charge on any atom is 0.336 e. The molecule has 7 nitrogen and oxygen atoms in total. The van der Waals surface area contributed by atoms with Crippen LogP contribution in [0.15, 0.2) is 39.6 Å². The molecule has 2 atom stereocenters. The lowest BCUT2D eigenvalue weighted by Gasteiger charge is -2.15. The fraction of sp³-hybridized carbons (Fsp3) is 0.476. The second kappa shape index (κ2) is 7.48. The van der Waals surface area contributed by atoms with E-state index in [1.807, 2.05) is 13.0 Å². The minimum Gasteiger partial charge on any atom is -0.493 e. The van der Waals surface area contributed by atoms with Gasteiger partial charge in [0.05, 0.1) is 25.4 Å². The van der Waals surface area contributed by atoms with Gasteiger partial charge in [-0.05, 0) is 39.3 Å². The summed E-state index contributed by atoms with van der Waals surface area (Å²) in [5.41, 5.74) is -1.38. The van der Waals surface area contributed by atoms with Crippen molar-refractivity contribution in [3.8, 4) is 17.2 Å². The predicted molar refractivity (Wildman–Crippen MR) is 104 cm³/mol. The Balaban J connectivity index is 1.78. The molecule has 0 amide bonds. The molecule has 0 saturated carbocycles. The van der Waals surface area contributed by atoms with Gasteiger partial charge in [0.2, 0.25) is 11.5 Å². The number of ether oxygens (including phenoxy) is 4. The van der Waals surface area contributed by atoms with Gasteiger partial charge >= 0.3 is 5.63 Å². The van der Waals surface area contributed by atoms with E-state index in [4.69, 9.17) is 23.4 Å². The first-order chi connectivity index (χ1) is 13.2. The summed E-state index contributed by atoms with van der Waals surface area (Å²) in [5, 5.41) is 10.4. The Morgan fingerprint density at radius 2 is 2.00 bits per heavy atom. The summed E-state index contributed by atoms with van der Waals surface area (Å²) in [7, 11) is 3.01. The zero-order valence-corrected chi connectivity index (χ0v) is 16.8. The third-order valence-corrected chi connectivity index (χ3v) is 4.67. The molecule has 1 saturated heterocycles. The van der Waals surface area contributed by atoms with Crippen LogP contribution in [0, 0.1) is 0 Å². The Kier molecular flexibility index (Phi) is 5.41. The van der Waals surface area contributed by atoms with Crippen LogP contribution in [0.5, 0.6) is 17.2 Å². The van der Waals surface area contributed by atoms with Crippen molar-refractivity contribution >= 4 is 11.0 Å². The Hall–Kier alpha value is -2.51. The standard InChI is InChI=1S/C21H26O7/c1-20(2,23)9-6-10-21(3)15(28-21)12-26-18-14(24-4)11-13-7-8-16(22)27-17(13)19(18)25-5/h6-9,11,15,23H,10,12H2,1-5H3/t15-,21-/m1/s1. The number of fused-ring (bicyclic) bond motifs is 1. The number of rotatable bonds is 8. The molecule has 2 aromatic rings. The highest BCUT2D eigenvalue weighted by molar-refractivity contribution is 5.88. The normalized spacial score (nSPS) is 21.9. The van der Waals surface area contributed by atoms with Gasteiger partial charge in [0, 0.05) is 11.5 Å². The average Bonchev–Trinajstić information content (AvgIpc) is 3.27. The molecule has 28 heavy (non-hydrogen) atoms. The van der Waals surface area contributed by atoms with Gasteiger partial charge in [-0.3, -0.25) is 0 Å². The first-order valence-corrected chi connectivity index (χ1v) is 9.06. The van der Waals surface area contributed by atoms with Crippen molar-refractivity contribution in [3.05, 3.63) is 40.8 Å². The van der Waals surface area contributed by atoms with Crippen LogP contribution >= 0.6 is 0 Å². The smallest absolute Gasteiger partial charge is 0.336 e. The highest BCUT2D eigenvalue weighted by Gasteiger charge is 2.52. The Bertz CT molecular complexity index is 938. The second-order valence-corrected chi connectivity index (χ2v) is 7.60. The molecule has 1 aromatic heterocycles. The topological polar surface area (TPSA) is 90.7 Å². The molecule has 1 fully saturated rings. The van der Waals surface area contributed by atoms with Crippen LogP contribution in [-0.2, 0) is 4.74 Å². The zero-order chi connectivity index (χ0) is 20.5. The van der Waals surface area contributed by atoms with Crippen molar-refractivity contribution < 1.29 is 28.5 Å². The van der Waals surface area contributed by atoms with E-state index in [1.54, 1.807) is 32.1 Å². The van der Waals surface area contributed by atoms with Gasteiger partial charge in [-0.1, -0.05) is 12.2 Å². The summed E-state index contributed by atoms with van der Waals surface area (Å²) in [6.07, 6.45) is 4.19. The monoisotopic (exact) mass is 390 g/mol. The van der Waals surface area contributed by atoms with Crippen molar-refractivity contribution in [2.24, 2.45) is 0 Å². The number of methoxy groups -OCH3 is 2. The van der Waals surface area contributed by atoms with Crippen molar-refractivity contribution in [2.75, 3.05) is 20.8 Å². The van der Waals surface area contributed by atoms with Gasteiger partial charge in [-0.15, -0.1) is 0 Å². The molecule has 152 valence electrons. The first-order valence-electron chi connectivity index (χ1n) is 9.06. The van der Waals surface area contributed by atoms with Crippen molar-refractivity contribution in [1.82, 2.24) is 0 Å². The molecule has 1 N–H and O–H groups in total. The minimum atomic E-state index is -0.854. The van der Waals surface area contributed by atoms with Crippen LogP contribution in [0.3, 0.4) is 0 Å². The predicted octanol–water partition coefficient (Wildman–Crippen LogP) is 3.06. The molecular weight excluding hydrogens is 364 g/mol. The Morgan fingerprint density at radius 1 is 1.25 bits per heavy atom. The third kappa shape index (κ3) is 4.31. The van der Waals surface area contributed by atoms with Gasteiger partial charge in [-0.2, -0.15) is 0 Å². The summed E-state index contributed by atoms with van der Waals surface area (Å²) < 4.78 is 27.9. The van der Waals surface area contributed by atoms with Crippen LogP contribution in [0.25, 0.3) is 11.0 Å². The fourth-order valence-corrected chi connectivity index (χ4v) is 3.03. The van der Waals surface area contributed by atoms with Gasteiger partial charge in [0.1, 0.15) is 12.7 Å². The average molecular weight is 390 g/mol. The molecular formula is C21H26O7. The maximum atomic E-state index is 11.6. The largest absolute Gasteiger partial charge is 0.493 e. The van der Waals surface area contributed by atoms with E-state index in [-0.39, 0.29) is 18.3 Å². The summed E-state index contributed by atoms with van der Waals surface area (Å²) in [5.74, 6) is 1.13. The van der Waals surface area contributed by atoms with E-state index in [2.05, 4.69) is 0 Å². The number of hydrogen-bond donors (Lipinski definition) is 1. The van der Waals surface area contributed by atoms with Crippen LogP contribution in [0.1, 0.15) is 27.2 Å². The summed E-state index contributed by atoms with van der Waals surface area (Å²) in [6.45, 7) is 5.71. The van der Waals surface area contributed by atoms with Crippen LogP contribution in [-0.4, -0.2) is 43.2 Å². The first kappa shape index (κ1) is 20.2. The molecule has 0 bridgehead atoms. The zero-order valence-electron chi connectivity index (χ0n) is 16.8. The highest BCUT2D eigenvalue weighted by atomic mass is 16.6. The summed E-state index contributed by atoms with van der Waals surface area (Å²) in [6, 6.07) is 4.72. The fourth-order valence-electron chi connectivity index (χ4n) is 3.03. The Morgan fingerprint density at radius 3 is 2.64 bits per heavy atom. The lowest BCUT2D eigenvalue weighted by Crippen LogP contribution is -2.17. The Labute approximate surface area is 163 Å². The van der Waals surface area contributed by atoms with Crippen LogP contribution in [0.4, 0.5) is 0 Å². The van der Waals surface area contributed by atoms with E-state index in [1.165, 1.54) is 20.3 Å². The molecule has 0 spiro atoms. The van der Waals surface area contributed by atoms with E-state index >= 15 is 0 Å². The van der Waals surface area contributed by atoms with Crippen molar-refractivity contribution in [1.29, 1.82) is 0 Å². The van der Waals surface area contributed by atoms with Crippen molar-refractivity contribution in [3.63, 3.8) is 0 Å². The SMILES string of the molecule is COc1cc2ccc(=O)oc2c(OC)c1OC[C@H]1O[C@]1(C)CC=CC(C)(C)O. The molecule has 0 unspecified atom stereocenters.